The molecule has 2 aromatic carbocycles. The van der Waals surface area contributed by atoms with Gasteiger partial charge < -0.3 is 10.2 Å². The van der Waals surface area contributed by atoms with E-state index in [4.69, 9.17) is 0 Å². The van der Waals surface area contributed by atoms with Crippen LogP contribution in [0.2, 0.25) is 0 Å². The minimum Gasteiger partial charge on any atom is -0.351 e. The van der Waals surface area contributed by atoms with Crippen molar-refractivity contribution < 1.29 is 18.4 Å². The van der Waals surface area contributed by atoms with Crippen molar-refractivity contribution in [3.63, 3.8) is 0 Å². The summed E-state index contributed by atoms with van der Waals surface area (Å²) in [4.78, 5) is 27.0. The first-order valence-corrected chi connectivity index (χ1v) is 9.85. The highest BCUT2D eigenvalue weighted by Crippen LogP contribution is 2.32. The molecule has 0 unspecified atom stereocenters. The molecule has 28 heavy (non-hydrogen) atoms. The molecular weight excluding hydrogens is 430 g/mol. The number of nitrogens with zero attached hydrogens (tertiary/aromatic N) is 1. The second-order valence-electron chi connectivity index (χ2n) is 7.28. The first-order chi connectivity index (χ1) is 13.3. The third kappa shape index (κ3) is 4.58. The van der Waals surface area contributed by atoms with Gasteiger partial charge in [0.05, 0.1) is 0 Å². The maximum absolute atomic E-state index is 13.7. The van der Waals surface area contributed by atoms with Crippen LogP contribution in [-0.4, -0.2) is 29.8 Å². The summed E-state index contributed by atoms with van der Waals surface area (Å²) in [6, 6.07) is 10.5. The number of halogens is 3. The van der Waals surface area contributed by atoms with Crippen molar-refractivity contribution >= 4 is 27.7 Å². The molecule has 1 aliphatic rings. The van der Waals surface area contributed by atoms with Gasteiger partial charge in [-0.3, -0.25) is 9.59 Å². The van der Waals surface area contributed by atoms with E-state index in [0.29, 0.717) is 31.5 Å². The maximum atomic E-state index is 13.7. The molecule has 0 aromatic heterocycles. The molecule has 3 rings (SSSR count). The van der Waals surface area contributed by atoms with Gasteiger partial charge in [0, 0.05) is 46.7 Å². The van der Waals surface area contributed by atoms with Crippen molar-refractivity contribution in [2.75, 3.05) is 13.1 Å². The third-order valence-corrected chi connectivity index (χ3v) is 5.78. The highest BCUT2D eigenvalue weighted by Gasteiger charge is 2.38. The zero-order valence-corrected chi connectivity index (χ0v) is 17.1. The van der Waals surface area contributed by atoms with Crippen LogP contribution in [0.25, 0.3) is 0 Å². The number of likely N-dealkylation sites (tertiary alicyclic amines) is 1. The number of benzene rings is 2. The van der Waals surface area contributed by atoms with Gasteiger partial charge in [-0.2, -0.15) is 0 Å². The lowest BCUT2D eigenvalue weighted by atomic mass is 9.79. The SMILES string of the molecule is CC1(C(=O)NCc2ccc(F)cc2F)CCN(C(=O)c2ccc(Br)cc2)CC1. The summed E-state index contributed by atoms with van der Waals surface area (Å²) in [5.74, 6) is -1.57. The first-order valence-electron chi connectivity index (χ1n) is 9.05. The third-order valence-electron chi connectivity index (χ3n) is 5.25. The number of rotatable bonds is 4. The first kappa shape index (κ1) is 20.5. The van der Waals surface area contributed by atoms with Crippen LogP contribution in [0.5, 0.6) is 0 Å². The van der Waals surface area contributed by atoms with Gasteiger partial charge in [-0.25, -0.2) is 8.78 Å². The Balaban J connectivity index is 1.56. The molecule has 4 nitrogen and oxygen atoms in total. The fourth-order valence-corrected chi connectivity index (χ4v) is 3.52. The van der Waals surface area contributed by atoms with Crippen molar-refractivity contribution in [3.8, 4) is 0 Å². The predicted octanol–water partition coefficient (Wildman–Crippen LogP) is 4.29. The lowest BCUT2D eigenvalue weighted by Gasteiger charge is -2.38. The number of piperidine rings is 1. The standard InChI is InChI=1S/C21H21BrF2N2O2/c1-21(20(28)25-13-15-4-7-17(23)12-18(15)24)8-10-26(11-9-21)19(27)14-2-5-16(22)6-3-14/h2-7,12H,8-11,13H2,1H3,(H,25,28). The summed E-state index contributed by atoms with van der Waals surface area (Å²) in [5.41, 5.74) is 0.219. The van der Waals surface area contributed by atoms with Crippen LogP contribution in [-0.2, 0) is 11.3 Å². The average molecular weight is 451 g/mol. The molecule has 1 heterocycles. The van der Waals surface area contributed by atoms with Crippen molar-refractivity contribution in [2.45, 2.75) is 26.3 Å². The van der Waals surface area contributed by atoms with Crippen LogP contribution in [0.3, 0.4) is 0 Å². The molecular formula is C21H21BrF2N2O2. The Hall–Kier alpha value is -2.28. The minimum absolute atomic E-state index is 0.00206. The molecule has 1 N–H and O–H groups in total. The number of hydrogen-bond donors (Lipinski definition) is 1. The minimum atomic E-state index is -0.680. The second-order valence-corrected chi connectivity index (χ2v) is 8.19. The fraction of sp³-hybridized carbons (Fsp3) is 0.333. The Bertz CT molecular complexity index is 878. The Kier molecular flexibility index (Phi) is 6.13. The predicted molar refractivity (Wildman–Crippen MR) is 106 cm³/mol. The highest BCUT2D eigenvalue weighted by molar-refractivity contribution is 9.10. The molecule has 0 saturated carbocycles. The van der Waals surface area contributed by atoms with Crippen molar-refractivity contribution in [1.29, 1.82) is 0 Å². The Morgan fingerprint density at radius 2 is 1.75 bits per heavy atom. The molecule has 1 saturated heterocycles. The van der Waals surface area contributed by atoms with Crippen molar-refractivity contribution in [2.24, 2.45) is 5.41 Å². The van der Waals surface area contributed by atoms with E-state index in [1.807, 2.05) is 19.1 Å². The van der Waals surface area contributed by atoms with Crippen molar-refractivity contribution in [3.05, 3.63) is 69.7 Å². The summed E-state index contributed by atoms with van der Waals surface area (Å²) >= 11 is 3.35. The van der Waals surface area contributed by atoms with Crippen LogP contribution >= 0.6 is 15.9 Å². The zero-order chi connectivity index (χ0) is 20.3. The van der Waals surface area contributed by atoms with Crippen LogP contribution in [0.15, 0.2) is 46.9 Å². The van der Waals surface area contributed by atoms with Gasteiger partial charge >= 0.3 is 0 Å². The normalized spacial score (nSPS) is 15.9. The average Bonchev–Trinajstić information content (AvgIpc) is 2.68. The van der Waals surface area contributed by atoms with Crippen LogP contribution in [0.1, 0.15) is 35.7 Å². The van der Waals surface area contributed by atoms with E-state index in [0.717, 1.165) is 10.5 Å². The molecule has 0 bridgehead atoms. The Morgan fingerprint density at radius 1 is 1.11 bits per heavy atom. The van der Waals surface area contributed by atoms with E-state index in [9.17, 15) is 18.4 Å². The van der Waals surface area contributed by atoms with E-state index >= 15 is 0 Å². The second kappa shape index (κ2) is 8.39. The molecule has 7 heteroatoms. The number of carbonyl (C=O) groups is 2. The Labute approximate surface area is 171 Å². The lowest BCUT2D eigenvalue weighted by molar-refractivity contribution is -0.132. The molecule has 0 spiro atoms. The van der Waals surface area contributed by atoms with E-state index in [-0.39, 0.29) is 23.9 Å². The Morgan fingerprint density at radius 3 is 2.36 bits per heavy atom. The monoisotopic (exact) mass is 450 g/mol. The number of hydrogen-bond acceptors (Lipinski definition) is 2. The van der Waals surface area contributed by atoms with Gasteiger partial charge in [0.25, 0.3) is 5.91 Å². The molecule has 0 atom stereocenters. The molecule has 1 fully saturated rings. The van der Waals surface area contributed by atoms with Crippen molar-refractivity contribution in [1.82, 2.24) is 10.2 Å². The highest BCUT2D eigenvalue weighted by atomic mass is 79.9. The summed E-state index contributed by atoms with van der Waals surface area (Å²) in [7, 11) is 0. The van der Waals surface area contributed by atoms with E-state index in [1.165, 1.54) is 12.1 Å². The number of carbonyl (C=O) groups excluding carboxylic acids is 2. The van der Waals surface area contributed by atoms with Crippen LogP contribution < -0.4 is 5.32 Å². The van der Waals surface area contributed by atoms with E-state index in [2.05, 4.69) is 21.2 Å². The maximum Gasteiger partial charge on any atom is 0.253 e. The molecule has 2 amide bonds. The van der Waals surface area contributed by atoms with Crippen LogP contribution in [0.4, 0.5) is 8.78 Å². The van der Waals surface area contributed by atoms with Crippen LogP contribution in [0, 0.1) is 17.0 Å². The molecule has 0 radical (unpaired) electrons. The summed E-state index contributed by atoms with van der Waals surface area (Å²) < 4.78 is 27.6. The van der Waals surface area contributed by atoms with E-state index in [1.54, 1.807) is 17.0 Å². The van der Waals surface area contributed by atoms with Gasteiger partial charge in [-0.1, -0.05) is 28.9 Å². The van der Waals surface area contributed by atoms with E-state index < -0.39 is 17.0 Å². The topological polar surface area (TPSA) is 49.4 Å². The quantitative estimate of drug-likeness (QED) is 0.755. The van der Waals surface area contributed by atoms with Gasteiger partial charge in [0.15, 0.2) is 0 Å². The zero-order valence-electron chi connectivity index (χ0n) is 15.5. The van der Waals surface area contributed by atoms with Gasteiger partial charge in [-0.15, -0.1) is 0 Å². The molecule has 0 aliphatic carbocycles. The van der Waals surface area contributed by atoms with Gasteiger partial charge in [-0.05, 0) is 43.2 Å². The molecule has 1 aliphatic heterocycles. The smallest absolute Gasteiger partial charge is 0.253 e. The molecule has 148 valence electrons. The van der Waals surface area contributed by atoms with Gasteiger partial charge in [0.2, 0.25) is 5.91 Å². The van der Waals surface area contributed by atoms with Gasteiger partial charge in [0.1, 0.15) is 11.6 Å². The summed E-state index contributed by atoms with van der Waals surface area (Å²) in [6.45, 7) is 2.81. The lowest BCUT2D eigenvalue weighted by Crippen LogP contribution is -2.48. The summed E-state index contributed by atoms with van der Waals surface area (Å²) in [6.07, 6.45) is 1.04. The molecule has 2 aromatic rings. The fourth-order valence-electron chi connectivity index (χ4n) is 3.26. The number of amides is 2. The largest absolute Gasteiger partial charge is 0.351 e. The summed E-state index contributed by atoms with van der Waals surface area (Å²) in [5, 5.41) is 2.74. The number of nitrogens with one attached hydrogen (secondary N) is 1.